The standard InChI is InChI=1S/C22H19N3O5S/c1-2-24-15-11-16-17(30-10-9-29-16)12-18(15)31-22(24)23-21(28)13-3-5-14(6-4-13)25-19(26)7-8-20(25)27/h3-6,11-12H,2,7-10H2,1H3. The van der Waals surface area contributed by atoms with Crippen molar-refractivity contribution in [3.63, 3.8) is 0 Å². The predicted octanol–water partition coefficient (Wildman–Crippen LogP) is 2.89. The van der Waals surface area contributed by atoms with Gasteiger partial charge in [-0.1, -0.05) is 11.3 Å². The molecular weight excluding hydrogens is 418 g/mol. The van der Waals surface area contributed by atoms with Gasteiger partial charge in [-0.05, 0) is 31.2 Å². The number of imide groups is 1. The van der Waals surface area contributed by atoms with Crippen LogP contribution >= 0.6 is 11.3 Å². The Morgan fingerprint density at radius 1 is 1.03 bits per heavy atom. The van der Waals surface area contributed by atoms with Gasteiger partial charge in [0.25, 0.3) is 5.91 Å². The minimum atomic E-state index is -0.392. The summed E-state index contributed by atoms with van der Waals surface area (Å²) < 4.78 is 14.3. The molecule has 0 radical (unpaired) electrons. The number of rotatable bonds is 3. The first-order valence-electron chi connectivity index (χ1n) is 10.0. The molecule has 0 saturated carbocycles. The summed E-state index contributed by atoms with van der Waals surface area (Å²) in [6.07, 6.45) is 0.439. The number of anilines is 1. The predicted molar refractivity (Wildman–Crippen MR) is 115 cm³/mol. The van der Waals surface area contributed by atoms with E-state index in [2.05, 4.69) is 4.99 Å². The van der Waals surface area contributed by atoms with Gasteiger partial charge in [0.2, 0.25) is 11.8 Å². The number of ether oxygens (including phenoxy) is 2. The van der Waals surface area contributed by atoms with Crippen molar-refractivity contribution in [3.05, 3.63) is 46.8 Å². The van der Waals surface area contributed by atoms with Crippen LogP contribution in [0.3, 0.4) is 0 Å². The van der Waals surface area contributed by atoms with Crippen LogP contribution in [0.2, 0.25) is 0 Å². The third-order valence-electron chi connectivity index (χ3n) is 5.28. The van der Waals surface area contributed by atoms with Crippen molar-refractivity contribution in [3.8, 4) is 11.5 Å². The van der Waals surface area contributed by atoms with Crippen LogP contribution in [0.25, 0.3) is 10.2 Å². The number of aryl methyl sites for hydroxylation is 1. The van der Waals surface area contributed by atoms with Crippen molar-refractivity contribution in [2.75, 3.05) is 18.1 Å². The summed E-state index contributed by atoms with van der Waals surface area (Å²) in [5.41, 5.74) is 1.79. The average molecular weight is 437 g/mol. The third-order valence-corrected chi connectivity index (χ3v) is 6.33. The van der Waals surface area contributed by atoms with E-state index in [0.717, 1.165) is 15.1 Å². The molecule has 31 heavy (non-hydrogen) atoms. The molecule has 3 amide bonds. The number of nitrogens with zero attached hydrogens (tertiary/aromatic N) is 3. The number of benzene rings is 2. The lowest BCUT2D eigenvalue weighted by molar-refractivity contribution is -0.121. The Morgan fingerprint density at radius 3 is 2.32 bits per heavy atom. The lowest BCUT2D eigenvalue weighted by atomic mass is 10.2. The molecule has 1 aromatic heterocycles. The Kier molecular flexibility index (Phi) is 4.82. The lowest BCUT2D eigenvalue weighted by Crippen LogP contribution is -2.28. The van der Waals surface area contributed by atoms with Gasteiger partial charge in [0, 0.05) is 37.1 Å². The molecule has 0 spiro atoms. The number of fused-ring (bicyclic) bond motifs is 2. The Morgan fingerprint density at radius 2 is 1.68 bits per heavy atom. The SMILES string of the molecule is CCn1c(=NC(=O)c2ccc(N3C(=O)CCC3=O)cc2)sc2cc3c(cc21)OCCO3. The number of hydrogen-bond donors (Lipinski definition) is 0. The largest absolute Gasteiger partial charge is 0.486 e. The van der Waals surface area contributed by atoms with Gasteiger partial charge in [0.15, 0.2) is 16.3 Å². The van der Waals surface area contributed by atoms with Crippen LogP contribution in [0, 0.1) is 0 Å². The summed E-state index contributed by atoms with van der Waals surface area (Å²) in [5.74, 6) is 0.551. The van der Waals surface area contributed by atoms with Crippen molar-refractivity contribution >= 4 is 45.0 Å². The van der Waals surface area contributed by atoms with Crippen molar-refractivity contribution < 1.29 is 23.9 Å². The maximum Gasteiger partial charge on any atom is 0.279 e. The fourth-order valence-electron chi connectivity index (χ4n) is 3.77. The van der Waals surface area contributed by atoms with E-state index in [9.17, 15) is 14.4 Å². The van der Waals surface area contributed by atoms with E-state index >= 15 is 0 Å². The maximum atomic E-state index is 12.8. The highest BCUT2D eigenvalue weighted by molar-refractivity contribution is 7.16. The Bertz CT molecular complexity index is 1270. The van der Waals surface area contributed by atoms with Crippen LogP contribution in [0.1, 0.15) is 30.1 Å². The molecule has 0 N–H and O–H groups in total. The van der Waals surface area contributed by atoms with E-state index in [1.165, 1.54) is 11.3 Å². The van der Waals surface area contributed by atoms with Crippen LogP contribution in [-0.4, -0.2) is 35.5 Å². The summed E-state index contributed by atoms with van der Waals surface area (Å²) in [6.45, 7) is 3.66. The number of thiazole rings is 1. The zero-order valence-corrected chi connectivity index (χ0v) is 17.6. The molecule has 0 unspecified atom stereocenters. The van der Waals surface area contributed by atoms with E-state index < -0.39 is 5.91 Å². The van der Waals surface area contributed by atoms with Crippen LogP contribution in [0.5, 0.6) is 11.5 Å². The van der Waals surface area contributed by atoms with Gasteiger partial charge < -0.3 is 14.0 Å². The fraction of sp³-hybridized carbons (Fsp3) is 0.273. The molecule has 3 heterocycles. The van der Waals surface area contributed by atoms with Crippen molar-refractivity contribution in [2.24, 2.45) is 4.99 Å². The summed E-state index contributed by atoms with van der Waals surface area (Å²) >= 11 is 1.41. The second kappa shape index (κ2) is 7.66. The summed E-state index contributed by atoms with van der Waals surface area (Å²) in [7, 11) is 0. The minimum Gasteiger partial charge on any atom is -0.486 e. The highest BCUT2D eigenvalue weighted by atomic mass is 32.1. The first kappa shape index (κ1) is 19.5. The summed E-state index contributed by atoms with van der Waals surface area (Å²) in [6, 6.07) is 10.2. The molecule has 0 atom stereocenters. The molecule has 1 fully saturated rings. The van der Waals surface area contributed by atoms with Crippen molar-refractivity contribution in [2.45, 2.75) is 26.3 Å². The number of carbonyl (C=O) groups is 3. The Labute approximate surface area is 181 Å². The minimum absolute atomic E-state index is 0.220. The molecule has 8 nitrogen and oxygen atoms in total. The lowest BCUT2D eigenvalue weighted by Gasteiger charge is -2.18. The van der Waals surface area contributed by atoms with E-state index in [1.807, 2.05) is 23.6 Å². The van der Waals surface area contributed by atoms with E-state index in [-0.39, 0.29) is 24.7 Å². The van der Waals surface area contributed by atoms with Gasteiger partial charge in [-0.25, -0.2) is 0 Å². The van der Waals surface area contributed by atoms with Crippen molar-refractivity contribution in [1.82, 2.24) is 4.57 Å². The van der Waals surface area contributed by atoms with Crippen LogP contribution in [0.4, 0.5) is 5.69 Å². The monoisotopic (exact) mass is 437 g/mol. The first-order chi connectivity index (χ1) is 15.0. The molecule has 0 bridgehead atoms. The van der Waals surface area contributed by atoms with Gasteiger partial charge in [0.05, 0.1) is 15.9 Å². The molecule has 2 aliphatic heterocycles. The average Bonchev–Trinajstić information content (AvgIpc) is 3.29. The fourth-order valence-corrected chi connectivity index (χ4v) is 4.87. The number of aromatic nitrogens is 1. The zero-order valence-electron chi connectivity index (χ0n) is 16.8. The molecule has 0 aliphatic carbocycles. The van der Waals surface area contributed by atoms with Gasteiger partial charge >= 0.3 is 0 Å². The topological polar surface area (TPSA) is 90.2 Å². The van der Waals surface area contributed by atoms with Crippen LogP contribution < -0.4 is 19.2 Å². The molecule has 2 aromatic carbocycles. The van der Waals surface area contributed by atoms with Crippen LogP contribution in [-0.2, 0) is 16.1 Å². The van der Waals surface area contributed by atoms with Gasteiger partial charge in [0.1, 0.15) is 13.2 Å². The quantitative estimate of drug-likeness (QED) is 0.588. The molecule has 3 aromatic rings. The van der Waals surface area contributed by atoms with Crippen LogP contribution in [0.15, 0.2) is 41.4 Å². The van der Waals surface area contributed by atoms with E-state index in [1.54, 1.807) is 24.3 Å². The van der Waals surface area contributed by atoms with Gasteiger partial charge in [-0.15, -0.1) is 0 Å². The summed E-state index contributed by atoms with van der Waals surface area (Å²) in [5, 5.41) is 0. The molecule has 9 heteroatoms. The Hall–Kier alpha value is -3.46. The van der Waals surface area contributed by atoms with Crippen molar-refractivity contribution in [1.29, 1.82) is 0 Å². The van der Waals surface area contributed by atoms with Gasteiger partial charge in [-0.3, -0.25) is 19.3 Å². The molecular formula is C22H19N3O5S. The molecule has 5 rings (SSSR count). The Balaban J connectivity index is 1.49. The second-order valence-electron chi connectivity index (χ2n) is 7.18. The van der Waals surface area contributed by atoms with E-state index in [4.69, 9.17) is 9.47 Å². The normalized spacial score (nSPS) is 16.4. The maximum absolute atomic E-state index is 12.8. The summed E-state index contributed by atoms with van der Waals surface area (Å²) in [4.78, 5) is 42.7. The number of amides is 3. The number of carbonyl (C=O) groups excluding carboxylic acids is 3. The second-order valence-corrected chi connectivity index (χ2v) is 8.19. The highest BCUT2D eigenvalue weighted by Crippen LogP contribution is 2.35. The highest BCUT2D eigenvalue weighted by Gasteiger charge is 2.30. The van der Waals surface area contributed by atoms with Gasteiger partial charge in [-0.2, -0.15) is 4.99 Å². The zero-order chi connectivity index (χ0) is 21.5. The third kappa shape index (κ3) is 3.40. The smallest absolute Gasteiger partial charge is 0.279 e. The molecule has 1 saturated heterocycles. The first-order valence-corrected chi connectivity index (χ1v) is 10.8. The number of hydrogen-bond acceptors (Lipinski definition) is 6. The van der Waals surface area contributed by atoms with E-state index in [0.29, 0.717) is 47.3 Å². The molecule has 158 valence electrons. The molecule has 2 aliphatic rings.